The smallest absolute Gasteiger partial charge is 0.319 e. The summed E-state index contributed by atoms with van der Waals surface area (Å²) in [6.45, 7) is 5.27. The van der Waals surface area contributed by atoms with Gasteiger partial charge in [-0.3, -0.25) is 9.59 Å². The lowest BCUT2D eigenvalue weighted by molar-refractivity contribution is -0.161. The van der Waals surface area contributed by atoms with Gasteiger partial charge in [0.05, 0.1) is 5.69 Å². The Morgan fingerprint density at radius 2 is 2.10 bits per heavy atom. The van der Waals surface area contributed by atoms with Crippen molar-refractivity contribution in [3.05, 3.63) is 17.7 Å². The SMILES string of the molecule is CC(C)(C)OC(=O)[C@H]1CCc2cc(N)c(O)cc2NC1=O. The number of nitrogen functional groups attached to an aromatic ring is 1. The number of rotatable bonds is 1. The molecule has 0 radical (unpaired) electrons. The fourth-order valence-electron chi connectivity index (χ4n) is 2.22. The molecule has 1 heterocycles. The third-order valence-corrected chi connectivity index (χ3v) is 3.22. The second-order valence-electron chi connectivity index (χ2n) is 6.18. The molecule has 0 unspecified atom stereocenters. The molecule has 0 spiro atoms. The number of amides is 1. The number of ether oxygens (including phenoxy) is 1. The first-order valence-electron chi connectivity index (χ1n) is 6.82. The van der Waals surface area contributed by atoms with Crippen LogP contribution in [0.25, 0.3) is 0 Å². The lowest BCUT2D eigenvalue weighted by Gasteiger charge is -2.22. The Morgan fingerprint density at radius 3 is 2.71 bits per heavy atom. The number of benzene rings is 1. The van der Waals surface area contributed by atoms with Crippen LogP contribution in [0.1, 0.15) is 32.8 Å². The molecule has 0 aliphatic carbocycles. The fourth-order valence-corrected chi connectivity index (χ4v) is 2.22. The molecular weight excluding hydrogens is 272 g/mol. The van der Waals surface area contributed by atoms with E-state index in [2.05, 4.69) is 5.32 Å². The van der Waals surface area contributed by atoms with Gasteiger partial charge in [0.15, 0.2) is 0 Å². The number of hydrogen-bond acceptors (Lipinski definition) is 5. The predicted octanol–water partition coefficient (Wildman–Crippen LogP) is 1.82. The average molecular weight is 292 g/mol. The molecule has 1 aromatic carbocycles. The van der Waals surface area contributed by atoms with Gasteiger partial charge in [-0.15, -0.1) is 0 Å². The minimum absolute atomic E-state index is 0.0928. The van der Waals surface area contributed by atoms with E-state index in [1.165, 1.54) is 6.07 Å². The van der Waals surface area contributed by atoms with Crippen molar-refractivity contribution >= 4 is 23.3 Å². The highest BCUT2D eigenvalue weighted by Crippen LogP contribution is 2.32. The molecular formula is C15H20N2O4. The van der Waals surface area contributed by atoms with Crippen LogP contribution in [-0.4, -0.2) is 22.6 Å². The standard InChI is InChI=1S/C15H20N2O4/c1-15(2,3)21-14(20)9-5-4-8-6-10(16)12(18)7-11(8)17-13(9)19/h6-7,9,18H,4-5,16H2,1-3H3,(H,17,19)/t9-/m0/s1. The molecule has 6 nitrogen and oxygen atoms in total. The number of carbonyl (C=O) groups is 2. The summed E-state index contributed by atoms with van der Waals surface area (Å²) in [5.74, 6) is -1.91. The van der Waals surface area contributed by atoms with Gasteiger partial charge in [-0.1, -0.05) is 0 Å². The number of anilines is 2. The summed E-state index contributed by atoms with van der Waals surface area (Å²) >= 11 is 0. The van der Waals surface area contributed by atoms with E-state index in [1.54, 1.807) is 26.8 Å². The number of aryl methyl sites for hydroxylation is 1. The Kier molecular flexibility index (Phi) is 3.80. The molecule has 1 aliphatic heterocycles. The minimum atomic E-state index is -0.861. The Bertz CT molecular complexity index is 590. The van der Waals surface area contributed by atoms with Crippen LogP contribution in [0.3, 0.4) is 0 Å². The van der Waals surface area contributed by atoms with Crippen LogP contribution in [-0.2, 0) is 20.7 Å². The zero-order chi connectivity index (χ0) is 15.8. The summed E-state index contributed by atoms with van der Waals surface area (Å²) in [6, 6.07) is 3.02. The number of esters is 1. The van der Waals surface area contributed by atoms with E-state index in [1.807, 2.05) is 0 Å². The minimum Gasteiger partial charge on any atom is -0.506 e. The van der Waals surface area contributed by atoms with Crippen molar-refractivity contribution in [1.29, 1.82) is 0 Å². The number of phenolic OH excluding ortho intramolecular Hbond substituents is 1. The topological polar surface area (TPSA) is 102 Å². The molecule has 2 rings (SSSR count). The first-order valence-corrected chi connectivity index (χ1v) is 6.82. The van der Waals surface area contributed by atoms with Crippen LogP contribution >= 0.6 is 0 Å². The summed E-state index contributed by atoms with van der Waals surface area (Å²) in [7, 11) is 0. The molecule has 4 N–H and O–H groups in total. The van der Waals surface area contributed by atoms with E-state index in [0.717, 1.165) is 5.56 Å². The van der Waals surface area contributed by atoms with Crippen molar-refractivity contribution in [2.45, 2.75) is 39.2 Å². The maximum Gasteiger partial charge on any atom is 0.319 e. The van der Waals surface area contributed by atoms with Gasteiger partial charge in [-0.05, 0) is 45.2 Å². The number of fused-ring (bicyclic) bond motifs is 1. The molecule has 1 atom stereocenters. The van der Waals surface area contributed by atoms with Gasteiger partial charge in [-0.25, -0.2) is 0 Å². The van der Waals surface area contributed by atoms with E-state index >= 15 is 0 Å². The van der Waals surface area contributed by atoms with Gasteiger partial charge in [0.25, 0.3) is 0 Å². The third kappa shape index (κ3) is 3.45. The molecule has 21 heavy (non-hydrogen) atoms. The van der Waals surface area contributed by atoms with E-state index in [9.17, 15) is 14.7 Å². The van der Waals surface area contributed by atoms with E-state index in [0.29, 0.717) is 18.5 Å². The van der Waals surface area contributed by atoms with Crippen molar-refractivity contribution in [3.8, 4) is 5.75 Å². The molecule has 0 saturated heterocycles. The van der Waals surface area contributed by atoms with Crippen molar-refractivity contribution in [2.24, 2.45) is 5.92 Å². The zero-order valence-corrected chi connectivity index (χ0v) is 12.4. The van der Waals surface area contributed by atoms with Gasteiger partial charge in [0, 0.05) is 11.8 Å². The Labute approximate surface area is 123 Å². The molecule has 0 aromatic heterocycles. The molecule has 0 bridgehead atoms. The number of nitrogens with two attached hydrogens (primary N) is 1. The second-order valence-corrected chi connectivity index (χ2v) is 6.18. The predicted molar refractivity (Wildman–Crippen MR) is 78.8 cm³/mol. The maximum atomic E-state index is 12.2. The lowest BCUT2D eigenvalue weighted by Crippen LogP contribution is -2.35. The first-order chi connectivity index (χ1) is 9.67. The van der Waals surface area contributed by atoms with Crippen molar-refractivity contribution in [3.63, 3.8) is 0 Å². The third-order valence-electron chi connectivity index (χ3n) is 3.22. The van der Waals surface area contributed by atoms with Gasteiger partial charge in [0.2, 0.25) is 5.91 Å². The highest BCUT2D eigenvalue weighted by molar-refractivity contribution is 6.06. The normalized spacial score (nSPS) is 18.4. The van der Waals surface area contributed by atoms with Crippen LogP contribution in [0.2, 0.25) is 0 Å². The molecule has 114 valence electrons. The summed E-state index contributed by atoms with van der Waals surface area (Å²) in [4.78, 5) is 24.3. The summed E-state index contributed by atoms with van der Waals surface area (Å²) in [6.07, 6.45) is 0.848. The number of carbonyl (C=O) groups excluding carboxylic acids is 2. The molecule has 1 aromatic rings. The van der Waals surface area contributed by atoms with E-state index in [-0.39, 0.29) is 11.4 Å². The molecule has 6 heteroatoms. The van der Waals surface area contributed by atoms with Gasteiger partial charge in [0.1, 0.15) is 17.3 Å². The van der Waals surface area contributed by atoms with Gasteiger partial charge in [-0.2, -0.15) is 0 Å². The lowest BCUT2D eigenvalue weighted by atomic mass is 10.00. The monoisotopic (exact) mass is 292 g/mol. The largest absolute Gasteiger partial charge is 0.506 e. The van der Waals surface area contributed by atoms with Gasteiger partial charge < -0.3 is 20.9 Å². The van der Waals surface area contributed by atoms with Gasteiger partial charge >= 0.3 is 5.97 Å². The number of aromatic hydroxyl groups is 1. The Hall–Kier alpha value is -2.24. The van der Waals surface area contributed by atoms with Crippen LogP contribution in [0.15, 0.2) is 12.1 Å². The van der Waals surface area contributed by atoms with E-state index in [4.69, 9.17) is 10.5 Å². The summed E-state index contributed by atoms with van der Waals surface area (Å²) in [5.41, 5.74) is 6.54. The molecule has 0 saturated carbocycles. The molecule has 1 amide bonds. The summed E-state index contributed by atoms with van der Waals surface area (Å²) < 4.78 is 5.28. The fraction of sp³-hybridized carbons (Fsp3) is 0.467. The zero-order valence-electron chi connectivity index (χ0n) is 12.4. The second kappa shape index (κ2) is 5.27. The molecule has 1 aliphatic rings. The molecule has 0 fully saturated rings. The van der Waals surface area contributed by atoms with Crippen molar-refractivity contribution in [1.82, 2.24) is 0 Å². The van der Waals surface area contributed by atoms with Crippen LogP contribution < -0.4 is 11.1 Å². The maximum absolute atomic E-state index is 12.2. The van der Waals surface area contributed by atoms with Crippen LogP contribution in [0.5, 0.6) is 5.75 Å². The highest BCUT2D eigenvalue weighted by atomic mass is 16.6. The Morgan fingerprint density at radius 1 is 1.43 bits per heavy atom. The number of hydrogen-bond donors (Lipinski definition) is 3. The van der Waals surface area contributed by atoms with Crippen molar-refractivity contribution in [2.75, 3.05) is 11.1 Å². The number of nitrogens with one attached hydrogen (secondary N) is 1. The van der Waals surface area contributed by atoms with E-state index < -0.39 is 23.4 Å². The average Bonchev–Trinajstić information content (AvgIpc) is 2.47. The Balaban J connectivity index is 2.22. The number of phenols is 1. The first kappa shape index (κ1) is 15.2. The highest BCUT2D eigenvalue weighted by Gasteiger charge is 2.33. The van der Waals surface area contributed by atoms with Crippen LogP contribution in [0, 0.1) is 5.92 Å². The van der Waals surface area contributed by atoms with Crippen molar-refractivity contribution < 1.29 is 19.4 Å². The van der Waals surface area contributed by atoms with Crippen LogP contribution in [0.4, 0.5) is 11.4 Å². The quantitative estimate of drug-likeness (QED) is 0.317. The summed E-state index contributed by atoms with van der Waals surface area (Å²) in [5, 5.41) is 12.3.